The third-order valence-electron chi connectivity index (χ3n) is 7.98. The minimum Gasteiger partial charge on any atom is -0.273 e. The van der Waals surface area contributed by atoms with E-state index in [0.717, 1.165) is 41.5 Å². The van der Waals surface area contributed by atoms with Gasteiger partial charge in [-0.15, -0.1) is 6.58 Å². The Morgan fingerprint density at radius 2 is 1.63 bits per heavy atom. The van der Waals surface area contributed by atoms with Crippen molar-refractivity contribution in [2.24, 2.45) is 11.0 Å². The summed E-state index contributed by atoms with van der Waals surface area (Å²) in [6.07, 6.45) is 6.35. The summed E-state index contributed by atoms with van der Waals surface area (Å²) < 4.78 is 0. The first kappa shape index (κ1) is 24.2. The summed E-state index contributed by atoms with van der Waals surface area (Å²) in [4.78, 5) is 28.9. The van der Waals surface area contributed by atoms with Gasteiger partial charge in [0.2, 0.25) is 5.91 Å². The molecule has 0 spiro atoms. The van der Waals surface area contributed by atoms with E-state index >= 15 is 0 Å². The largest absolute Gasteiger partial charge is 0.273 e. The zero-order valence-corrected chi connectivity index (χ0v) is 21.6. The Bertz CT molecular complexity index is 1400. The molecule has 3 aromatic rings. The molecule has 4 atom stereocenters. The molecule has 1 saturated heterocycles. The van der Waals surface area contributed by atoms with Gasteiger partial charge in [0.25, 0.3) is 5.91 Å². The summed E-state index contributed by atoms with van der Waals surface area (Å²) in [6, 6.07) is 25.0. The van der Waals surface area contributed by atoms with Crippen LogP contribution in [0, 0.1) is 5.92 Å². The van der Waals surface area contributed by atoms with Crippen molar-refractivity contribution in [3.05, 3.63) is 119 Å². The summed E-state index contributed by atoms with van der Waals surface area (Å²) in [5, 5.41) is 10.4. The Balaban J connectivity index is 1.57. The van der Waals surface area contributed by atoms with Crippen LogP contribution in [-0.2, 0) is 4.79 Å². The van der Waals surface area contributed by atoms with Crippen LogP contribution >= 0.6 is 0 Å². The lowest BCUT2D eigenvalue weighted by Gasteiger charge is -2.58. The maximum atomic E-state index is 14.7. The lowest BCUT2D eigenvalue weighted by atomic mass is 9.80. The molecule has 0 aromatic heterocycles. The lowest BCUT2D eigenvalue weighted by molar-refractivity contribution is -0.200. The molecule has 0 radical (unpaired) electrons. The number of hydrogen-bond acceptors (Lipinski definition) is 4. The van der Waals surface area contributed by atoms with Crippen molar-refractivity contribution in [2.75, 3.05) is 0 Å². The van der Waals surface area contributed by atoms with E-state index < -0.39 is 6.17 Å². The third kappa shape index (κ3) is 3.74. The standard InChI is InChI=1S/C32H32N4O2/c1-3-5-17-27-29-24-18-10-9-16-23(24)21-33-34(29)30-26-20-12-11-19-25(26)28(13-4-2)35(36(30)32(27)38)31(37)22-14-7-6-8-15-22/h4,6-12,14-16,18-21,27-30H,2-3,5,13,17H2,1H3/t27-,28-,29-,30-/m0/s1. The van der Waals surface area contributed by atoms with Crippen LogP contribution in [0.2, 0.25) is 0 Å². The van der Waals surface area contributed by atoms with Gasteiger partial charge in [-0.3, -0.25) is 14.6 Å². The van der Waals surface area contributed by atoms with E-state index in [1.54, 1.807) is 10.0 Å². The zero-order valence-electron chi connectivity index (χ0n) is 21.6. The van der Waals surface area contributed by atoms with Gasteiger partial charge in [0.05, 0.1) is 24.2 Å². The molecule has 0 N–H and O–H groups in total. The van der Waals surface area contributed by atoms with E-state index in [1.165, 1.54) is 0 Å². The van der Waals surface area contributed by atoms with E-state index in [0.29, 0.717) is 12.0 Å². The average molecular weight is 505 g/mol. The van der Waals surface area contributed by atoms with E-state index in [-0.39, 0.29) is 29.8 Å². The van der Waals surface area contributed by atoms with Crippen LogP contribution in [0.15, 0.2) is 96.6 Å². The number of unbranched alkanes of at least 4 members (excludes halogenated alkanes) is 1. The van der Waals surface area contributed by atoms with Crippen molar-refractivity contribution >= 4 is 18.0 Å². The van der Waals surface area contributed by atoms with Crippen LogP contribution in [0.5, 0.6) is 0 Å². The minimum atomic E-state index is -0.528. The number of carbonyl (C=O) groups excluding carboxylic acids is 2. The highest BCUT2D eigenvalue weighted by atomic mass is 16.2. The quantitative estimate of drug-likeness (QED) is 0.364. The molecule has 3 aliphatic rings. The number of rotatable bonds is 6. The first-order valence-electron chi connectivity index (χ1n) is 13.5. The van der Waals surface area contributed by atoms with E-state index in [4.69, 9.17) is 5.10 Å². The molecule has 0 bridgehead atoms. The molecule has 3 aromatic carbocycles. The van der Waals surface area contributed by atoms with Gasteiger partial charge in [-0.2, -0.15) is 5.10 Å². The number of carbonyl (C=O) groups is 2. The Labute approximate surface area is 223 Å². The normalized spacial score (nSPS) is 23.3. The molecule has 192 valence electrons. The average Bonchev–Trinajstić information content (AvgIpc) is 2.97. The number of nitrogens with zero attached hydrogens (tertiary/aromatic N) is 4. The Hall–Kier alpha value is -4.19. The molecule has 0 saturated carbocycles. The van der Waals surface area contributed by atoms with Crippen molar-refractivity contribution < 1.29 is 9.59 Å². The molecule has 3 heterocycles. The first-order chi connectivity index (χ1) is 18.7. The van der Waals surface area contributed by atoms with Gasteiger partial charge in [-0.05, 0) is 41.7 Å². The summed E-state index contributed by atoms with van der Waals surface area (Å²) in [7, 11) is 0. The molecule has 38 heavy (non-hydrogen) atoms. The van der Waals surface area contributed by atoms with Crippen LogP contribution < -0.4 is 0 Å². The Morgan fingerprint density at radius 1 is 0.947 bits per heavy atom. The molecular weight excluding hydrogens is 472 g/mol. The van der Waals surface area contributed by atoms with Gasteiger partial charge in [0.1, 0.15) is 0 Å². The molecule has 2 amide bonds. The number of amides is 2. The predicted octanol–water partition coefficient (Wildman–Crippen LogP) is 6.41. The summed E-state index contributed by atoms with van der Waals surface area (Å²) in [6.45, 7) is 6.13. The molecule has 0 aliphatic carbocycles. The van der Waals surface area contributed by atoms with Crippen molar-refractivity contribution in [3.63, 3.8) is 0 Å². The molecule has 1 fully saturated rings. The number of hydrogen-bond donors (Lipinski definition) is 0. The second kappa shape index (κ2) is 9.93. The van der Waals surface area contributed by atoms with Gasteiger partial charge in [-0.1, -0.05) is 92.6 Å². The van der Waals surface area contributed by atoms with Crippen molar-refractivity contribution in [1.82, 2.24) is 15.0 Å². The van der Waals surface area contributed by atoms with Crippen LogP contribution in [0.3, 0.4) is 0 Å². The van der Waals surface area contributed by atoms with Gasteiger partial charge in [-0.25, -0.2) is 10.0 Å². The molecular formula is C32H32N4O2. The maximum Gasteiger partial charge on any atom is 0.273 e. The summed E-state index contributed by atoms with van der Waals surface area (Å²) in [5.41, 5.74) is 4.73. The van der Waals surface area contributed by atoms with Crippen LogP contribution in [0.1, 0.15) is 83.5 Å². The topological polar surface area (TPSA) is 56.2 Å². The fourth-order valence-corrected chi connectivity index (χ4v) is 6.27. The highest BCUT2D eigenvalue weighted by molar-refractivity contribution is 5.97. The SMILES string of the molecule is C=CC[C@H]1c2ccccc2[C@H]2N3N=Cc4ccccc4[C@H]3[C@H](CCCC)C(=O)N2N1C(=O)c1ccccc1. The smallest absolute Gasteiger partial charge is 0.273 e. The van der Waals surface area contributed by atoms with Crippen molar-refractivity contribution in [1.29, 1.82) is 0 Å². The van der Waals surface area contributed by atoms with Crippen LogP contribution in [0.4, 0.5) is 0 Å². The number of fused-ring (bicyclic) bond motifs is 7. The molecule has 6 heteroatoms. The second-order valence-corrected chi connectivity index (χ2v) is 10.2. The van der Waals surface area contributed by atoms with Gasteiger partial charge < -0.3 is 0 Å². The van der Waals surface area contributed by atoms with E-state index in [2.05, 4.69) is 42.8 Å². The third-order valence-corrected chi connectivity index (χ3v) is 7.98. The molecule has 6 rings (SSSR count). The molecule has 6 nitrogen and oxygen atoms in total. The fourth-order valence-electron chi connectivity index (χ4n) is 6.27. The molecule has 0 unspecified atom stereocenters. The van der Waals surface area contributed by atoms with Gasteiger partial charge in [0, 0.05) is 11.1 Å². The lowest BCUT2D eigenvalue weighted by Crippen LogP contribution is -2.65. The highest BCUT2D eigenvalue weighted by Crippen LogP contribution is 2.53. The van der Waals surface area contributed by atoms with E-state index in [9.17, 15) is 9.59 Å². The summed E-state index contributed by atoms with van der Waals surface area (Å²) in [5.74, 6) is -0.547. The first-order valence-corrected chi connectivity index (χ1v) is 13.5. The summed E-state index contributed by atoms with van der Waals surface area (Å²) >= 11 is 0. The van der Waals surface area contributed by atoms with Gasteiger partial charge >= 0.3 is 0 Å². The van der Waals surface area contributed by atoms with Crippen molar-refractivity contribution in [2.45, 2.75) is 50.9 Å². The number of hydrazine groups is 1. The van der Waals surface area contributed by atoms with Gasteiger partial charge in [0.15, 0.2) is 6.17 Å². The number of benzene rings is 3. The fraction of sp³-hybridized carbons (Fsp3) is 0.281. The zero-order chi connectivity index (χ0) is 26.2. The van der Waals surface area contributed by atoms with Crippen LogP contribution in [-0.4, -0.2) is 33.1 Å². The molecule has 3 aliphatic heterocycles. The highest BCUT2D eigenvalue weighted by Gasteiger charge is 2.55. The second-order valence-electron chi connectivity index (χ2n) is 10.2. The maximum absolute atomic E-state index is 14.7. The van der Waals surface area contributed by atoms with E-state index in [1.807, 2.05) is 66.9 Å². The Morgan fingerprint density at radius 3 is 2.37 bits per heavy atom. The predicted molar refractivity (Wildman–Crippen MR) is 148 cm³/mol. The van der Waals surface area contributed by atoms with Crippen LogP contribution in [0.25, 0.3) is 0 Å². The monoisotopic (exact) mass is 504 g/mol. The van der Waals surface area contributed by atoms with Crippen molar-refractivity contribution in [3.8, 4) is 0 Å². The Kier molecular flexibility index (Phi) is 6.32. The minimum absolute atomic E-state index is 0.0237. The number of hydrazone groups is 1.